The number of amides is 2. The van der Waals surface area contributed by atoms with E-state index in [2.05, 4.69) is 27.5 Å². The third kappa shape index (κ3) is 5.45. The van der Waals surface area contributed by atoms with Crippen molar-refractivity contribution in [2.45, 2.75) is 43.7 Å². The number of hydrogen-bond acceptors (Lipinski definition) is 6. The summed E-state index contributed by atoms with van der Waals surface area (Å²) in [6.45, 7) is 0.199. The number of benzene rings is 2. The van der Waals surface area contributed by atoms with Gasteiger partial charge in [0.05, 0.1) is 13.5 Å². The van der Waals surface area contributed by atoms with Gasteiger partial charge in [-0.25, -0.2) is 9.59 Å². The average Bonchev–Trinajstić information content (AvgIpc) is 3.45. The zero-order chi connectivity index (χ0) is 24.9. The number of carboxylic acid groups (broad SMARTS) is 1. The quantitative estimate of drug-likeness (QED) is 0.495. The molecule has 3 N–H and O–H groups in total. The van der Waals surface area contributed by atoms with Gasteiger partial charge in [-0.15, -0.1) is 0 Å². The lowest BCUT2D eigenvalue weighted by atomic mass is 9.98. The number of esters is 1. The lowest BCUT2D eigenvalue weighted by Crippen LogP contribution is -2.45. The van der Waals surface area contributed by atoms with Gasteiger partial charge >= 0.3 is 18.0 Å². The molecule has 0 aromatic heterocycles. The monoisotopic (exact) mass is 480 g/mol. The van der Waals surface area contributed by atoms with Crippen molar-refractivity contribution in [2.75, 3.05) is 13.7 Å². The predicted molar refractivity (Wildman–Crippen MR) is 126 cm³/mol. The minimum atomic E-state index is -1.36. The Morgan fingerprint density at radius 2 is 1.63 bits per heavy atom. The van der Waals surface area contributed by atoms with Crippen molar-refractivity contribution in [3.8, 4) is 11.1 Å². The molecule has 2 amide bonds. The highest BCUT2D eigenvalue weighted by atomic mass is 16.5. The van der Waals surface area contributed by atoms with Gasteiger partial charge in [-0.05, 0) is 41.5 Å². The van der Waals surface area contributed by atoms with Crippen LogP contribution in [0.5, 0.6) is 0 Å². The van der Waals surface area contributed by atoms with E-state index in [0.717, 1.165) is 29.4 Å². The topological polar surface area (TPSA) is 131 Å². The molecule has 0 saturated heterocycles. The fraction of sp³-hybridized carbons (Fsp3) is 0.385. The SMILES string of the molecule is COC(=O)C[C@H](NC(=O)[C@H]1CC[C@@H](NC(=O)OCC2c3ccccc3-c3ccccc32)C1)C(=O)O. The normalized spacial score (nSPS) is 19.2. The van der Waals surface area contributed by atoms with Crippen LogP contribution in [-0.4, -0.2) is 54.8 Å². The Balaban J connectivity index is 1.28. The summed E-state index contributed by atoms with van der Waals surface area (Å²) < 4.78 is 10.1. The third-order valence-corrected chi connectivity index (χ3v) is 6.68. The first-order valence-corrected chi connectivity index (χ1v) is 11.6. The summed E-state index contributed by atoms with van der Waals surface area (Å²) in [7, 11) is 1.15. The Bertz CT molecular complexity index is 1090. The molecule has 2 aromatic carbocycles. The molecule has 4 rings (SSSR count). The lowest BCUT2D eigenvalue weighted by molar-refractivity contribution is -0.149. The minimum Gasteiger partial charge on any atom is -0.480 e. The van der Waals surface area contributed by atoms with E-state index in [9.17, 15) is 24.3 Å². The molecule has 0 aliphatic heterocycles. The van der Waals surface area contributed by atoms with Gasteiger partial charge in [-0.2, -0.15) is 0 Å². The highest BCUT2D eigenvalue weighted by Crippen LogP contribution is 2.44. The van der Waals surface area contributed by atoms with Gasteiger partial charge in [-0.3, -0.25) is 9.59 Å². The fourth-order valence-corrected chi connectivity index (χ4v) is 4.90. The Labute approximate surface area is 202 Å². The molecule has 0 unspecified atom stereocenters. The molecule has 184 valence electrons. The number of carbonyl (C=O) groups excluding carboxylic acids is 3. The van der Waals surface area contributed by atoms with E-state index < -0.39 is 42.3 Å². The van der Waals surface area contributed by atoms with Crippen molar-refractivity contribution < 1.29 is 33.8 Å². The molecule has 35 heavy (non-hydrogen) atoms. The predicted octanol–water partition coefficient (Wildman–Crippen LogP) is 2.83. The maximum Gasteiger partial charge on any atom is 0.407 e. The molecule has 1 saturated carbocycles. The number of ether oxygens (including phenoxy) is 2. The second-order valence-electron chi connectivity index (χ2n) is 8.86. The first-order valence-electron chi connectivity index (χ1n) is 11.6. The van der Waals surface area contributed by atoms with Gasteiger partial charge in [0.25, 0.3) is 0 Å². The van der Waals surface area contributed by atoms with Gasteiger partial charge in [0.1, 0.15) is 12.6 Å². The Morgan fingerprint density at radius 3 is 2.23 bits per heavy atom. The summed E-state index contributed by atoms with van der Waals surface area (Å²) in [5, 5.41) is 14.5. The van der Waals surface area contributed by atoms with Crippen LogP contribution < -0.4 is 10.6 Å². The van der Waals surface area contributed by atoms with E-state index in [-0.39, 0.29) is 18.6 Å². The number of aliphatic carboxylic acids is 1. The molecule has 0 spiro atoms. The van der Waals surface area contributed by atoms with Crippen molar-refractivity contribution in [1.82, 2.24) is 10.6 Å². The second kappa shape index (κ2) is 10.6. The lowest BCUT2D eigenvalue weighted by Gasteiger charge is -2.18. The molecule has 0 heterocycles. The van der Waals surface area contributed by atoms with Crippen molar-refractivity contribution in [3.63, 3.8) is 0 Å². The second-order valence-corrected chi connectivity index (χ2v) is 8.86. The molecule has 1 fully saturated rings. The maximum absolute atomic E-state index is 12.5. The number of nitrogens with one attached hydrogen (secondary N) is 2. The molecular formula is C26H28N2O7. The summed E-state index contributed by atoms with van der Waals surface area (Å²) in [5.41, 5.74) is 4.54. The van der Waals surface area contributed by atoms with Crippen molar-refractivity contribution >= 4 is 23.9 Å². The Hall–Kier alpha value is -3.88. The van der Waals surface area contributed by atoms with E-state index in [1.54, 1.807) is 0 Å². The number of carboxylic acids is 1. The van der Waals surface area contributed by atoms with Crippen LogP contribution >= 0.6 is 0 Å². The fourth-order valence-electron chi connectivity index (χ4n) is 4.90. The smallest absolute Gasteiger partial charge is 0.407 e. The van der Waals surface area contributed by atoms with Crippen molar-refractivity contribution in [1.29, 1.82) is 0 Å². The van der Waals surface area contributed by atoms with Crippen LogP contribution in [0, 0.1) is 5.92 Å². The number of alkyl carbamates (subject to hydrolysis) is 1. The Kier molecular flexibility index (Phi) is 7.33. The Morgan fingerprint density at radius 1 is 1.00 bits per heavy atom. The van der Waals surface area contributed by atoms with Crippen LogP contribution in [0.4, 0.5) is 4.79 Å². The number of fused-ring (bicyclic) bond motifs is 3. The van der Waals surface area contributed by atoms with E-state index in [0.29, 0.717) is 19.3 Å². The summed E-state index contributed by atoms with van der Waals surface area (Å²) >= 11 is 0. The molecule has 0 bridgehead atoms. The van der Waals surface area contributed by atoms with E-state index in [1.165, 1.54) is 0 Å². The molecule has 2 aromatic rings. The van der Waals surface area contributed by atoms with Crippen LogP contribution in [0.15, 0.2) is 48.5 Å². The molecule has 9 heteroatoms. The summed E-state index contributed by atoms with van der Waals surface area (Å²) in [5.74, 6) is -3.00. The minimum absolute atomic E-state index is 0.0435. The largest absolute Gasteiger partial charge is 0.480 e. The zero-order valence-corrected chi connectivity index (χ0v) is 19.4. The van der Waals surface area contributed by atoms with Crippen LogP contribution in [0.25, 0.3) is 11.1 Å². The van der Waals surface area contributed by atoms with Crippen LogP contribution in [0.1, 0.15) is 42.7 Å². The van der Waals surface area contributed by atoms with Gasteiger partial charge in [0.15, 0.2) is 0 Å². The maximum atomic E-state index is 12.5. The molecule has 9 nitrogen and oxygen atoms in total. The number of methoxy groups -OCH3 is 1. The summed E-state index contributed by atoms with van der Waals surface area (Å²) in [6.07, 6.45) is 0.417. The number of hydrogen-bond donors (Lipinski definition) is 3. The van der Waals surface area contributed by atoms with E-state index in [1.807, 2.05) is 36.4 Å². The van der Waals surface area contributed by atoms with E-state index >= 15 is 0 Å². The standard InChI is InChI=1S/C26H28N2O7/c1-34-23(29)13-22(25(31)32)28-24(30)15-10-11-16(12-15)27-26(33)35-14-21-19-8-4-2-6-17(19)18-7-3-5-9-20(18)21/h2-9,15-16,21-22H,10-14H2,1H3,(H,27,33)(H,28,30)(H,31,32)/t15-,16+,22-/m0/s1. The van der Waals surface area contributed by atoms with Crippen LogP contribution in [0.3, 0.4) is 0 Å². The number of carbonyl (C=O) groups is 4. The summed E-state index contributed by atoms with van der Waals surface area (Å²) in [6, 6.07) is 14.5. The molecule has 0 radical (unpaired) electrons. The van der Waals surface area contributed by atoms with Gasteiger partial charge in [0.2, 0.25) is 5.91 Å². The molecule has 2 aliphatic rings. The van der Waals surface area contributed by atoms with Crippen molar-refractivity contribution in [3.05, 3.63) is 59.7 Å². The molecule has 2 aliphatic carbocycles. The van der Waals surface area contributed by atoms with Gasteiger partial charge < -0.3 is 25.2 Å². The summed E-state index contributed by atoms with van der Waals surface area (Å²) in [4.78, 5) is 47.8. The highest BCUT2D eigenvalue weighted by molar-refractivity contribution is 5.88. The first kappa shape index (κ1) is 24.3. The number of rotatable bonds is 8. The van der Waals surface area contributed by atoms with Crippen LogP contribution in [-0.2, 0) is 23.9 Å². The molecule has 3 atom stereocenters. The molecular weight excluding hydrogens is 452 g/mol. The van der Waals surface area contributed by atoms with Gasteiger partial charge in [-0.1, -0.05) is 48.5 Å². The van der Waals surface area contributed by atoms with E-state index in [4.69, 9.17) is 4.74 Å². The highest BCUT2D eigenvalue weighted by Gasteiger charge is 2.34. The van der Waals surface area contributed by atoms with Crippen molar-refractivity contribution in [2.24, 2.45) is 5.92 Å². The van der Waals surface area contributed by atoms with Crippen LogP contribution in [0.2, 0.25) is 0 Å². The van der Waals surface area contributed by atoms with Gasteiger partial charge in [0, 0.05) is 17.9 Å². The average molecular weight is 481 g/mol. The zero-order valence-electron chi connectivity index (χ0n) is 19.4. The third-order valence-electron chi connectivity index (χ3n) is 6.68. The first-order chi connectivity index (χ1) is 16.9.